The molecule has 0 spiro atoms. The Morgan fingerprint density at radius 1 is 0.410 bits per heavy atom. The summed E-state index contributed by atoms with van der Waals surface area (Å²) in [5.74, 6) is 2.03. The smallest absolute Gasteiger partial charge is 0.258 e. The molecule has 0 fully saturated rings. The lowest BCUT2D eigenvalue weighted by atomic mass is 10.0. The van der Waals surface area contributed by atoms with Gasteiger partial charge in [-0.05, 0) is 54.6 Å². The summed E-state index contributed by atoms with van der Waals surface area (Å²) in [6.07, 6.45) is 10.0. The van der Waals surface area contributed by atoms with E-state index in [2.05, 4.69) is 45.4 Å². The van der Waals surface area contributed by atoms with E-state index in [0.29, 0.717) is 34.2 Å². The van der Waals surface area contributed by atoms with Crippen LogP contribution < -0.4 is 0 Å². The van der Waals surface area contributed by atoms with Crippen LogP contribution in [0.25, 0.3) is 68.5 Å². The maximum absolute atomic E-state index is 5.60. The van der Waals surface area contributed by atoms with E-state index in [0.717, 1.165) is 16.7 Å². The van der Waals surface area contributed by atoms with Gasteiger partial charge in [-0.1, -0.05) is 15.5 Å². The van der Waals surface area contributed by atoms with Gasteiger partial charge in [0.05, 0.1) is 0 Å². The molecule has 0 radical (unpaired) electrons. The minimum absolute atomic E-state index is 0.274. The minimum Gasteiger partial charge on any atom is -0.334 e. The molecule has 0 bridgehead atoms. The Kier molecular flexibility index (Phi) is 5.44. The van der Waals surface area contributed by atoms with Crippen molar-refractivity contribution in [3.05, 3.63) is 91.8 Å². The van der Waals surface area contributed by atoms with Crippen molar-refractivity contribution in [2.45, 2.75) is 0 Å². The van der Waals surface area contributed by atoms with Gasteiger partial charge < -0.3 is 13.6 Å². The average molecular weight is 513 g/mol. The largest absolute Gasteiger partial charge is 0.334 e. The van der Waals surface area contributed by atoms with Crippen molar-refractivity contribution in [1.29, 1.82) is 0 Å². The Morgan fingerprint density at radius 2 is 0.744 bits per heavy atom. The topological polar surface area (TPSA) is 155 Å². The minimum atomic E-state index is 0.274. The highest BCUT2D eigenvalue weighted by Gasteiger charge is 2.20. The van der Waals surface area contributed by atoms with E-state index in [-0.39, 0.29) is 17.7 Å². The van der Waals surface area contributed by atoms with Crippen molar-refractivity contribution in [3.8, 4) is 68.5 Å². The van der Waals surface area contributed by atoms with Gasteiger partial charge in [-0.15, -0.1) is 0 Å². The number of pyridine rings is 3. The van der Waals surface area contributed by atoms with E-state index in [1.165, 1.54) is 0 Å². The summed E-state index contributed by atoms with van der Waals surface area (Å²) in [7, 11) is 0. The second-order valence-corrected chi connectivity index (χ2v) is 8.29. The fourth-order valence-electron chi connectivity index (χ4n) is 3.86. The van der Waals surface area contributed by atoms with Crippen LogP contribution in [0, 0.1) is 0 Å². The number of hydrogen-bond acceptors (Lipinski definition) is 12. The highest BCUT2D eigenvalue weighted by molar-refractivity contribution is 5.75. The fourth-order valence-corrected chi connectivity index (χ4v) is 3.86. The second-order valence-electron chi connectivity index (χ2n) is 8.29. The molecule has 186 valence electrons. The first-order valence-electron chi connectivity index (χ1n) is 11.7. The summed E-state index contributed by atoms with van der Waals surface area (Å²) in [4.78, 5) is 26.0. The van der Waals surface area contributed by atoms with Gasteiger partial charge >= 0.3 is 0 Å². The third-order valence-corrected chi connectivity index (χ3v) is 5.71. The number of benzene rings is 1. The lowest BCUT2D eigenvalue weighted by Crippen LogP contribution is -1.88. The van der Waals surface area contributed by atoms with Crippen LogP contribution in [-0.2, 0) is 0 Å². The lowest BCUT2D eigenvalue weighted by Gasteiger charge is -2.02. The third kappa shape index (κ3) is 4.42. The van der Waals surface area contributed by atoms with Crippen molar-refractivity contribution in [3.63, 3.8) is 0 Å². The van der Waals surface area contributed by atoms with E-state index in [1.54, 1.807) is 55.4 Å². The van der Waals surface area contributed by atoms with Gasteiger partial charge in [-0.25, -0.2) is 0 Å². The number of hydrogen-bond donors (Lipinski definition) is 0. The molecule has 0 aliphatic heterocycles. The molecular formula is C27H15N9O3. The highest BCUT2D eigenvalue weighted by Crippen LogP contribution is 2.33. The van der Waals surface area contributed by atoms with Gasteiger partial charge in [-0.2, -0.15) is 15.0 Å². The Labute approximate surface area is 219 Å². The van der Waals surface area contributed by atoms with Crippen LogP contribution in [0.15, 0.2) is 105 Å². The summed E-state index contributed by atoms with van der Waals surface area (Å²) < 4.78 is 16.8. The monoisotopic (exact) mass is 513 g/mol. The molecule has 12 heteroatoms. The molecule has 0 aliphatic rings. The normalized spacial score (nSPS) is 11.1. The Morgan fingerprint density at radius 3 is 1.03 bits per heavy atom. The number of nitrogens with zero attached hydrogens (tertiary/aromatic N) is 9. The molecule has 6 aromatic heterocycles. The van der Waals surface area contributed by atoms with Crippen LogP contribution in [0.3, 0.4) is 0 Å². The van der Waals surface area contributed by atoms with Gasteiger partial charge in [-0.3, -0.25) is 15.0 Å². The van der Waals surface area contributed by atoms with Crippen LogP contribution in [-0.4, -0.2) is 45.4 Å². The maximum Gasteiger partial charge on any atom is 0.258 e. The van der Waals surface area contributed by atoms with Crippen molar-refractivity contribution >= 4 is 0 Å². The first kappa shape index (κ1) is 22.3. The number of rotatable bonds is 6. The average Bonchev–Trinajstić information content (AvgIpc) is 3.80. The van der Waals surface area contributed by atoms with Crippen molar-refractivity contribution in [2.24, 2.45) is 0 Å². The quantitative estimate of drug-likeness (QED) is 0.293. The van der Waals surface area contributed by atoms with Crippen molar-refractivity contribution in [2.75, 3.05) is 0 Å². The van der Waals surface area contributed by atoms with Crippen LogP contribution in [0.2, 0.25) is 0 Å². The third-order valence-electron chi connectivity index (χ3n) is 5.71. The molecule has 1 aromatic carbocycles. The Bertz CT molecular complexity index is 1640. The summed E-state index contributed by atoms with van der Waals surface area (Å²) in [5, 5.41) is 12.3. The molecule has 0 N–H and O–H groups in total. The zero-order valence-electron chi connectivity index (χ0n) is 19.9. The molecule has 0 aliphatic carbocycles. The fraction of sp³-hybridized carbons (Fsp3) is 0. The molecule has 7 aromatic rings. The van der Waals surface area contributed by atoms with Gasteiger partial charge in [0.1, 0.15) is 0 Å². The molecular weight excluding hydrogens is 498 g/mol. The molecule has 0 saturated heterocycles. The first-order valence-corrected chi connectivity index (χ1v) is 11.7. The predicted molar refractivity (Wildman–Crippen MR) is 136 cm³/mol. The highest BCUT2D eigenvalue weighted by atomic mass is 16.5. The van der Waals surface area contributed by atoms with E-state index >= 15 is 0 Å². The van der Waals surface area contributed by atoms with Gasteiger partial charge in [0.15, 0.2) is 0 Å². The standard InChI is InChI=1S/C27H15N9O3/c1-4-16(13-28-7-1)22-31-25(37-34-22)19-10-20(26-32-23(35-38-26)17-5-2-8-29-14-17)12-21(11-19)27-33-24(36-39-27)18-6-3-9-30-15-18/h1-15H. The van der Waals surface area contributed by atoms with Crippen molar-refractivity contribution < 1.29 is 13.6 Å². The maximum atomic E-state index is 5.60. The Balaban J connectivity index is 1.33. The van der Waals surface area contributed by atoms with Crippen molar-refractivity contribution in [1.82, 2.24) is 45.4 Å². The zero-order chi connectivity index (χ0) is 26.0. The van der Waals surface area contributed by atoms with Crippen LogP contribution in [0.5, 0.6) is 0 Å². The summed E-state index contributed by atoms with van der Waals surface area (Å²) in [6.45, 7) is 0. The zero-order valence-corrected chi connectivity index (χ0v) is 19.9. The molecule has 7 rings (SSSR count). The summed E-state index contributed by atoms with van der Waals surface area (Å²) in [5.41, 5.74) is 3.94. The van der Waals surface area contributed by atoms with Gasteiger partial charge in [0.25, 0.3) is 17.7 Å². The predicted octanol–water partition coefficient (Wildman–Crippen LogP) is 5.02. The van der Waals surface area contributed by atoms with Gasteiger partial charge in [0, 0.05) is 70.6 Å². The van der Waals surface area contributed by atoms with Crippen LogP contribution in [0.4, 0.5) is 0 Å². The molecule has 0 atom stereocenters. The van der Waals surface area contributed by atoms with Crippen LogP contribution >= 0.6 is 0 Å². The SMILES string of the molecule is c1cncc(-c2noc(-c3cc(-c4nc(-c5cccnc5)no4)cc(-c4nc(-c5cccnc5)no4)c3)n2)c1. The molecule has 0 saturated carbocycles. The lowest BCUT2D eigenvalue weighted by molar-refractivity contribution is 0.429. The van der Waals surface area contributed by atoms with Crippen LogP contribution in [0.1, 0.15) is 0 Å². The van der Waals surface area contributed by atoms with E-state index in [4.69, 9.17) is 13.6 Å². The van der Waals surface area contributed by atoms with E-state index in [1.807, 2.05) is 36.4 Å². The van der Waals surface area contributed by atoms with Gasteiger partial charge in [0.2, 0.25) is 17.5 Å². The number of aromatic nitrogens is 9. The van der Waals surface area contributed by atoms with E-state index < -0.39 is 0 Å². The Hall–Kier alpha value is -5.91. The molecule has 39 heavy (non-hydrogen) atoms. The summed E-state index contributed by atoms with van der Waals surface area (Å²) >= 11 is 0. The molecule has 0 unspecified atom stereocenters. The second kappa shape index (κ2) is 9.52. The molecule has 6 heterocycles. The molecule has 0 amide bonds. The van der Waals surface area contributed by atoms with E-state index in [9.17, 15) is 0 Å². The molecule has 12 nitrogen and oxygen atoms in total. The first-order chi connectivity index (χ1) is 19.3. The summed E-state index contributed by atoms with van der Waals surface area (Å²) in [6, 6.07) is 16.4.